The van der Waals surface area contributed by atoms with Gasteiger partial charge in [-0.1, -0.05) is 30.3 Å². The highest BCUT2D eigenvalue weighted by molar-refractivity contribution is 7.89. The molecule has 0 aromatic heterocycles. The number of benzene rings is 2. The van der Waals surface area contributed by atoms with E-state index in [9.17, 15) is 17.6 Å². The van der Waals surface area contributed by atoms with Crippen molar-refractivity contribution in [2.45, 2.75) is 18.7 Å². The largest absolute Gasteiger partial charge is 0.376 e. The van der Waals surface area contributed by atoms with Gasteiger partial charge in [0.1, 0.15) is 10.7 Å². The van der Waals surface area contributed by atoms with Crippen LogP contribution in [0.2, 0.25) is 0 Å². The molecule has 6 nitrogen and oxygen atoms in total. The summed E-state index contributed by atoms with van der Waals surface area (Å²) in [6, 6.07) is 11.3. The third kappa shape index (κ3) is 4.18. The van der Waals surface area contributed by atoms with Crippen molar-refractivity contribution in [3.63, 3.8) is 0 Å². The first kappa shape index (κ1) is 20.3. The number of sulfonamides is 1. The summed E-state index contributed by atoms with van der Waals surface area (Å²) in [6.45, 7) is 4.95. The van der Waals surface area contributed by atoms with Crippen LogP contribution in [0.1, 0.15) is 11.1 Å². The highest BCUT2D eigenvalue weighted by atomic mass is 32.2. The maximum Gasteiger partial charge on any atom is 0.246 e. The van der Waals surface area contributed by atoms with Crippen molar-refractivity contribution in [3.05, 3.63) is 59.4 Å². The van der Waals surface area contributed by atoms with E-state index in [1.165, 1.54) is 22.5 Å². The molecule has 2 aromatic rings. The van der Waals surface area contributed by atoms with Crippen molar-refractivity contribution in [1.29, 1.82) is 0 Å². The highest BCUT2D eigenvalue weighted by Crippen LogP contribution is 2.21. The van der Waals surface area contributed by atoms with Crippen molar-refractivity contribution in [3.8, 4) is 0 Å². The number of hydrogen-bond acceptors (Lipinski definition) is 4. The standard InChI is InChI=1S/C20H24FN3O3S/c1-15-6-5-7-16(2)20(15)22-14-19(25)23-10-12-24(13-11-23)28(26,27)18-9-4-3-8-17(18)21/h3-9,22H,10-14H2,1-2H3. The summed E-state index contributed by atoms with van der Waals surface area (Å²) in [6.07, 6.45) is 0. The molecule has 0 unspecified atom stereocenters. The van der Waals surface area contributed by atoms with Crippen LogP contribution in [0.15, 0.2) is 47.4 Å². The first-order valence-corrected chi connectivity index (χ1v) is 10.6. The van der Waals surface area contributed by atoms with E-state index < -0.39 is 15.8 Å². The van der Waals surface area contributed by atoms with Crippen molar-refractivity contribution < 1.29 is 17.6 Å². The number of hydrogen-bond donors (Lipinski definition) is 1. The Morgan fingerprint density at radius 1 is 1.00 bits per heavy atom. The van der Waals surface area contributed by atoms with Gasteiger partial charge in [-0.15, -0.1) is 0 Å². The van der Waals surface area contributed by atoms with E-state index in [-0.39, 0.29) is 43.5 Å². The molecule has 1 heterocycles. The van der Waals surface area contributed by atoms with Crippen LogP contribution < -0.4 is 5.32 Å². The Labute approximate surface area is 165 Å². The third-order valence-corrected chi connectivity index (χ3v) is 6.88. The number of rotatable bonds is 5. The van der Waals surface area contributed by atoms with E-state index in [0.717, 1.165) is 22.9 Å². The number of halogens is 1. The zero-order valence-corrected chi connectivity index (χ0v) is 16.8. The van der Waals surface area contributed by atoms with E-state index in [0.29, 0.717) is 0 Å². The molecule has 1 saturated heterocycles. The predicted molar refractivity (Wildman–Crippen MR) is 106 cm³/mol. The van der Waals surface area contributed by atoms with E-state index >= 15 is 0 Å². The quantitative estimate of drug-likeness (QED) is 0.829. The molecular formula is C20H24FN3O3S. The SMILES string of the molecule is Cc1cccc(C)c1NCC(=O)N1CCN(S(=O)(=O)c2ccccc2F)CC1. The molecule has 1 aliphatic rings. The molecule has 3 rings (SSSR count). The summed E-state index contributed by atoms with van der Waals surface area (Å²) in [5, 5.41) is 3.18. The molecule has 1 fully saturated rings. The molecule has 0 radical (unpaired) electrons. The molecular weight excluding hydrogens is 381 g/mol. The van der Waals surface area contributed by atoms with Crippen molar-refractivity contribution in [2.75, 3.05) is 38.0 Å². The number of amides is 1. The fourth-order valence-electron chi connectivity index (χ4n) is 3.34. The molecule has 28 heavy (non-hydrogen) atoms. The highest BCUT2D eigenvalue weighted by Gasteiger charge is 2.31. The van der Waals surface area contributed by atoms with Crippen LogP contribution in [0.25, 0.3) is 0 Å². The molecule has 0 atom stereocenters. The number of piperazine rings is 1. The van der Waals surface area contributed by atoms with Gasteiger partial charge in [-0.25, -0.2) is 12.8 Å². The van der Waals surface area contributed by atoms with Gasteiger partial charge in [-0.2, -0.15) is 4.31 Å². The molecule has 1 N–H and O–H groups in total. The van der Waals surface area contributed by atoms with E-state index in [1.54, 1.807) is 4.90 Å². The van der Waals surface area contributed by atoms with Gasteiger partial charge in [0.25, 0.3) is 0 Å². The van der Waals surface area contributed by atoms with E-state index in [4.69, 9.17) is 0 Å². The predicted octanol–water partition coefficient (Wildman–Crippen LogP) is 2.39. The van der Waals surface area contributed by atoms with E-state index in [1.807, 2.05) is 32.0 Å². The summed E-state index contributed by atoms with van der Waals surface area (Å²) < 4.78 is 40.4. The van der Waals surface area contributed by atoms with Gasteiger partial charge in [0.05, 0.1) is 6.54 Å². The number of carbonyl (C=O) groups is 1. The Balaban J connectivity index is 1.59. The molecule has 0 aliphatic carbocycles. The Morgan fingerprint density at radius 2 is 1.61 bits per heavy atom. The summed E-state index contributed by atoms with van der Waals surface area (Å²) in [4.78, 5) is 13.8. The number of carbonyl (C=O) groups excluding carboxylic acids is 1. The second-order valence-corrected chi connectivity index (χ2v) is 8.74. The lowest BCUT2D eigenvalue weighted by molar-refractivity contribution is -0.130. The normalized spacial score (nSPS) is 15.5. The van der Waals surface area contributed by atoms with Crippen molar-refractivity contribution in [2.24, 2.45) is 0 Å². The lowest BCUT2D eigenvalue weighted by Gasteiger charge is -2.34. The topological polar surface area (TPSA) is 69.7 Å². The average Bonchev–Trinajstić information content (AvgIpc) is 2.67. The molecule has 0 saturated carbocycles. The molecule has 8 heteroatoms. The van der Waals surface area contributed by atoms with Crippen molar-refractivity contribution in [1.82, 2.24) is 9.21 Å². The second-order valence-electron chi connectivity index (χ2n) is 6.84. The Hall–Kier alpha value is -2.45. The maximum absolute atomic E-state index is 13.9. The number of para-hydroxylation sites is 1. The Morgan fingerprint density at radius 3 is 2.21 bits per heavy atom. The molecule has 0 bridgehead atoms. The van der Waals surface area contributed by atoms with E-state index in [2.05, 4.69) is 5.32 Å². The minimum absolute atomic E-state index is 0.0920. The number of nitrogens with zero attached hydrogens (tertiary/aromatic N) is 2. The van der Waals surface area contributed by atoms with Crippen LogP contribution >= 0.6 is 0 Å². The number of nitrogens with one attached hydrogen (secondary N) is 1. The smallest absolute Gasteiger partial charge is 0.246 e. The summed E-state index contributed by atoms with van der Waals surface area (Å²) in [5.74, 6) is -0.857. The van der Waals surface area contributed by atoms with Gasteiger partial charge in [-0.05, 0) is 37.1 Å². The van der Waals surface area contributed by atoms with Crippen LogP contribution in [0.3, 0.4) is 0 Å². The first-order valence-electron chi connectivity index (χ1n) is 9.13. The lowest BCUT2D eigenvalue weighted by atomic mass is 10.1. The fourth-order valence-corrected chi connectivity index (χ4v) is 4.83. The molecule has 1 aliphatic heterocycles. The van der Waals surface area contributed by atoms with Gasteiger partial charge in [0.15, 0.2) is 0 Å². The number of anilines is 1. The van der Waals surface area contributed by atoms with Gasteiger partial charge >= 0.3 is 0 Å². The van der Waals surface area contributed by atoms with Crippen LogP contribution in [0, 0.1) is 19.7 Å². The summed E-state index contributed by atoms with van der Waals surface area (Å²) in [7, 11) is -3.90. The van der Waals surface area contributed by atoms with Crippen molar-refractivity contribution >= 4 is 21.6 Å². The first-order chi connectivity index (χ1) is 13.3. The zero-order chi connectivity index (χ0) is 20.3. The van der Waals surface area contributed by atoms with Crippen LogP contribution in [0.4, 0.5) is 10.1 Å². The van der Waals surface area contributed by atoms with Crippen LogP contribution in [0.5, 0.6) is 0 Å². The monoisotopic (exact) mass is 405 g/mol. The molecule has 0 spiro atoms. The van der Waals surface area contributed by atoms with Gasteiger partial charge in [0, 0.05) is 31.9 Å². The minimum Gasteiger partial charge on any atom is -0.376 e. The summed E-state index contributed by atoms with van der Waals surface area (Å²) in [5.41, 5.74) is 3.07. The van der Waals surface area contributed by atoms with Crippen LogP contribution in [-0.2, 0) is 14.8 Å². The Kier molecular flexibility index (Phi) is 6.00. The summed E-state index contributed by atoms with van der Waals surface area (Å²) >= 11 is 0. The maximum atomic E-state index is 13.9. The molecule has 2 aromatic carbocycles. The van der Waals surface area contributed by atoms with Gasteiger partial charge in [-0.3, -0.25) is 4.79 Å². The lowest BCUT2D eigenvalue weighted by Crippen LogP contribution is -2.51. The Bertz CT molecular complexity index is 950. The average molecular weight is 405 g/mol. The molecule has 150 valence electrons. The molecule has 1 amide bonds. The minimum atomic E-state index is -3.90. The fraction of sp³-hybridized carbons (Fsp3) is 0.350. The third-order valence-electron chi connectivity index (χ3n) is 4.94. The number of aryl methyl sites for hydroxylation is 2. The van der Waals surface area contributed by atoms with Crippen LogP contribution in [-0.4, -0.2) is 56.3 Å². The zero-order valence-electron chi connectivity index (χ0n) is 16.0. The van der Waals surface area contributed by atoms with Gasteiger partial charge in [0.2, 0.25) is 15.9 Å². The second kappa shape index (κ2) is 8.28. The van der Waals surface area contributed by atoms with Gasteiger partial charge < -0.3 is 10.2 Å².